The normalized spacial score (nSPS) is 18.5. The lowest BCUT2D eigenvalue weighted by Gasteiger charge is -2.09. The van der Waals surface area contributed by atoms with Crippen molar-refractivity contribution < 1.29 is 0 Å². The summed E-state index contributed by atoms with van der Waals surface area (Å²) < 4.78 is 0. The standard InChI is InChI=1S/C28H20S2/c1-3-11-21(12-4-1)29-27-19-20-28(30-22-13-5-2-6-14-22)26-18-10-8-16-24(26)23-15-7-9-17-25(23)27/h1-20H/b20-19-,24-23-,27-19?,27-25+,28-20?,28-26+. The fourth-order valence-electron chi connectivity index (χ4n) is 3.61. The molecule has 144 valence electrons. The Hall–Kier alpha value is -2.94. The molecule has 0 spiro atoms. The lowest BCUT2D eigenvalue weighted by atomic mass is 10.1. The minimum Gasteiger partial charge on any atom is -0.0894 e. The van der Waals surface area contributed by atoms with Crippen LogP contribution in [0.25, 0.3) is 9.81 Å². The summed E-state index contributed by atoms with van der Waals surface area (Å²) in [5.41, 5.74) is 0. The fraction of sp³-hybridized carbons (Fsp3) is 0. The molecule has 0 aliphatic heterocycles. The molecule has 5 rings (SSSR count). The van der Waals surface area contributed by atoms with Crippen LogP contribution in [0.5, 0.6) is 0 Å². The van der Waals surface area contributed by atoms with E-state index in [1.165, 1.54) is 40.5 Å². The molecule has 0 saturated carbocycles. The molecule has 0 heterocycles. The van der Waals surface area contributed by atoms with Crippen molar-refractivity contribution in [2.45, 2.75) is 9.79 Å². The first-order valence-corrected chi connectivity index (χ1v) is 11.6. The SMILES string of the molecule is C1=C\C(Sc2ccccc2)=c2\cccc\c2=c2/cccc/c2=C/1Sc1ccccc1. The zero-order valence-electron chi connectivity index (χ0n) is 16.4. The molecule has 4 aromatic carbocycles. The molecule has 1 aliphatic carbocycles. The molecule has 0 unspecified atom stereocenters. The van der Waals surface area contributed by atoms with Crippen LogP contribution in [-0.4, -0.2) is 0 Å². The zero-order valence-corrected chi connectivity index (χ0v) is 18.0. The van der Waals surface area contributed by atoms with E-state index < -0.39 is 0 Å². The van der Waals surface area contributed by atoms with Crippen molar-refractivity contribution in [1.82, 2.24) is 0 Å². The molecule has 4 aromatic rings. The summed E-state index contributed by atoms with van der Waals surface area (Å²) in [6, 6.07) is 38.7. The summed E-state index contributed by atoms with van der Waals surface area (Å²) in [5.74, 6) is 0. The average molecular weight is 421 g/mol. The Kier molecular flexibility index (Phi) is 5.60. The Labute approximate surface area is 185 Å². The van der Waals surface area contributed by atoms with Crippen LogP contribution in [0, 0.1) is 10.4 Å². The third kappa shape index (κ3) is 4.02. The zero-order chi connectivity index (χ0) is 20.2. The summed E-state index contributed by atoms with van der Waals surface area (Å²) in [4.78, 5) is 5.02. The third-order valence-electron chi connectivity index (χ3n) is 5.00. The van der Waals surface area contributed by atoms with Crippen LogP contribution >= 0.6 is 23.5 Å². The lowest BCUT2D eigenvalue weighted by Crippen LogP contribution is -2.14. The van der Waals surface area contributed by atoms with Gasteiger partial charge < -0.3 is 0 Å². The van der Waals surface area contributed by atoms with Crippen molar-refractivity contribution in [3.63, 3.8) is 0 Å². The summed E-state index contributed by atoms with van der Waals surface area (Å²) >= 11 is 3.64. The highest BCUT2D eigenvalue weighted by atomic mass is 32.2. The van der Waals surface area contributed by atoms with E-state index in [-0.39, 0.29) is 0 Å². The molecular weight excluding hydrogens is 400 g/mol. The van der Waals surface area contributed by atoms with E-state index in [0.29, 0.717) is 0 Å². The fourth-order valence-corrected chi connectivity index (χ4v) is 5.55. The highest BCUT2D eigenvalue weighted by Gasteiger charge is 2.07. The molecule has 2 heteroatoms. The maximum absolute atomic E-state index is 2.28. The maximum atomic E-state index is 2.28. The van der Waals surface area contributed by atoms with Gasteiger partial charge in [0, 0.05) is 19.6 Å². The van der Waals surface area contributed by atoms with Crippen LogP contribution in [0.15, 0.2) is 131 Å². The van der Waals surface area contributed by atoms with Gasteiger partial charge in [-0.15, -0.1) is 0 Å². The van der Waals surface area contributed by atoms with Crippen molar-refractivity contribution in [2.75, 3.05) is 0 Å². The van der Waals surface area contributed by atoms with Crippen LogP contribution in [0.4, 0.5) is 0 Å². The predicted molar refractivity (Wildman–Crippen MR) is 130 cm³/mol. The summed E-state index contributed by atoms with van der Waals surface area (Å²) in [7, 11) is 0. The molecule has 0 N–H and O–H groups in total. The molecule has 1 aliphatic rings. The topological polar surface area (TPSA) is 0 Å². The largest absolute Gasteiger partial charge is 0.0894 e. The first-order chi connectivity index (χ1) is 14.9. The van der Waals surface area contributed by atoms with E-state index in [1.807, 2.05) is 23.5 Å². The van der Waals surface area contributed by atoms with Gasteiger partial charge in [-0.2, -0.15) is 0 Å². The third-order valence-corrected chi connectivity index (χ3v) is 7.17. The summed E-state index contributed by atoms with van der Waals surface area (Å²) in [5, 5.41) is 5.11. The van der Waals surface area contributed by atoms with Crippen molar-refractivity contribution in [3.8, 4) is 0 Å². The van der Waals surface area contributed by atoms with Gasteiger partial charge >= 0.3 is 0 Å². The molecule has 30 heavy (non-hydrogen) atoms. The molecule has 0 aromatic heterocycles. The van der Waals surface area contributed by atoms with Crippen LogP contribution in [0.3, 0.4) is 0 Å². The van der Waals surface area contributed by atoms with E-state index in [0.717, 1.165) is 0 Å². The van der Waals surface area contributed by atoms with Crippen molar-refractivity contribution in [1.29, 1.82) is 0 Å². The molecule has 0 nitrogen and oxygen atoms in total. The number of rotatable bonds is 4. The van der Waals surface area contributed by atoms with Crippen LogP contribution in [0.1, 0.15) is 0 Å². The monoisotopic (exact) mass is 420 g/mol. The first-order valence-electron chi connectivity index (χ1n) is 9.95. The van der Waals surface area contributed by atoms with Gasteiger partial charge in [-0.1, -0.05) is 108 Å². The molecule has 0 radical (unpaired) electrons. The van der Waals surface area contributed by atoms with Gasteiger partial charge in [0.2, 0.25) is 0 Å². The van der Waals surface area contributed by atoms with E-state index in [2.05, 4.69) is 121 Å². The minimum absolute atomic E-state index is 1.25. The number of hydrogen-bond acceptors (Lipinski definition) is 2. The lowest BCUT2D eigenvalue weighted by molar-refractivity contribution is 1.39. The molecule has 0 bridgehead atoms. The smallest absolute Gasteiger partial charge is 0.0201 e. The van der Waals surface area contributed by atoms with E-state index >= 15 is 0 Å². The number of benzene rings is 4. The molecule has 0 atom stereocenters. The van der Waals surface area contributed by atoms with Gasteiger partial charge in [0.1, 0.15) is 0 Å². The van der Waals surface area contributed by atoms with Crippen LogP contribution < -0.4 is 10.4 Å². The van der Waals surface area contributed by atoms with Gasteiger partial charge in [-0.05, 0) is 57.3 Å². The molecule has 0 saturated heterocycles. The second-order valence-electron chi connectivity index (χ2n) is 6.98. The highest BCUT2D eigenvalue weighted by molar-refractivity contribution is 8.08. The Bertz CT molecular complexity index is 1310. The predicted octanol–water partition coefficient (Wildman–Crippen LogP) is 6.34. The maximum Gasteiger partial charge on any atom is 0.0201 e. The van der Waals surface area contributed by atoms with E-state index in [9.17, 15) is 0 Å². The van der Waals surface area contributed by atoms with Gasteiger partial charge in [0.15, 0.2) is 0 Å². The van der Waals surface area contributed by atoms with Gasteiger partial charge in [0.25, 0.3) is 0 Å². The Balaban J connectivity index is 1.80. The molecule has 0 fully saturated rings. The molecular formula is C28H20S2. The van der Waals surface area contributed by atoms with Gasteiger partial charge in [-0.3, -0.25) is 0 Å². The van der Waals surface area contributed by atoms with Crippen LogP contribution in [0.2, 0.25) is 0 Å². The second kappa shape index (κ2) is 8.83. The van der Waals surface area contributed by atoms with Gasteiger partial charge in [0.05, 0.1) is 0 Å². The van der Waals surface area contributed by atoms with Crippen molar-refractivity contribution >= 4 is 33.3 Å². The van der Waals surface area contributed by atoms with E-state index in [1.54, 1.807) is 0 Å². The number of hydrogen-bond donors (Lipinski definition) is 0. The minimum atomic E-state index is 1.25. The number of fused-ring (bicyclic) bond motifs is 2. The van der Waals surface area contributed by atoms with E-state index in [4.69, 9.17) is 0 Å². The first kappa shape index (κ1) is 19.0. The summed E-state index contributed by atoms with van der Waals surface area (Å²) in [6.45, 7) is 0. The quantitative estimate of drug-likeness (QED) is 0.378. The van der Waals surface area contributed by atoms with Crippen LogP contribution in [-0.2, 0) is 0 Å². The van der Waals surface area contributed by atoms with Gasteiger partial charge in [-0.25, -0.2) is 0 Å². The Morgan fingerprint density at radius 1 is 0.333 bits per heavy atom. The Morgan fingerprint density at radius 2 is 0.667 bits per heavy atom. The highest BCUT2D eigenvalue weighted by Crippen LogP contribution is 2.32. The number of thioether (sulfide) groups is 2. The molecule has 0 amide bonds. The van der Waals surface area contributed by atoms with Crippen molar-refractivity contribution in [2.24, 2.45) is 0 Å². The second-order valence-corrected chi connectivity index (χ2v) is 9.21. The van der Waals surface area contributed by atoms with Crippen molar-refractivity contribution in [3.05, 3.63) is 142 Å². The summed E-state index contributed by atoms with van der Waals surface area (Å²) in [6.07, 6.45) is 4.55. The average Bonchev–Trinajstić information content (AvgIpc) is 2.81. The Morgan fingerprint density at radius 3 is 1.07 bits per heavy atom.